The number of hydrogen-bond donors (Lipinski definition) is 1. The number of ether oxygens (including phenoxy) is 1. The summed E-state index contributed by atoms with van der Waals surface area (Å²) in [6.07, 6.45) is 3.94. The van der Waals surface area contributed by atoms with Crippen LogP contribution in [0.15, 0.2) is 6.20 Å². The Hall–Kier alpha value is -1.56. The molecule has 1 amide bonds. The van der Waals surface area contributed by atoms with Gasteiger partial charge in [-0.05, 0) is 26.7 Å². The molecule has 1 aliphatic rings. The summed E-state index contributed by atoms with van der Waals surface area (Å²) in [5.41, 5.74) is 6.65. The van der Waals surface area contributed by atoms with E-state index < -0.39 is 0 Å². The smallest absolute Gasteiger partial charge is 0.276 e. The second-order valence-electron chi connectivity index (χ2n) is 4.77. The topological polar surface area (TPSA) is 73.4 Å². The van der Waals surface area contributed by atoms with Crippen molar-refractivity contribution in [3.63, 3.8) is 0 Å². The van der Waals surface area contributed by atoms with Crippen LogP contribution in [0.5, 0.6) is 0 Å². The molecule has 0 bridgehead atoms. The predicted molar refractivity (Wildman–Crippen MR) is 72.9 cm³/mol. The van der Waals surface area contributed by atoms with Crippen LogP contribution >= 0.6 is 0 Å². The minimum Gasteiger partial charge on any atom is -0.396 e. The standard InChI is InChI=1S/C13H22N4O2/c1-3-16(8-10-6-5-7-19-10)13(18)12-11(14)9-17(4-2)15-12/h9-10H,3-8,14H2,1-2H3. The summed E-state index contributed by atoms with van der Waals surface area (Å²) >= 11 is 0. The first kappa shape index (κ1) is 13.9. The monoisotopic (exact) mass is 266 g/mol. The first-order valence-corrected chi connectivity index (χ1v) is 6.89. The Morgan fingerprint density at radius 3 is 2.95 bits per heavy atom. The van der Waals surface area contributed by atoms with Crippen molar-refractivity contribution in [3.05, 3.63) is 11.9 Å². The van der Waals surface area contributed by atoms with E-state index in [0.717, 1.165) is 19.4 Å². The third-order valence-electron chi connectivity index (χ3n) is 3.43. The van der Waals surface area contributed by atoms with Crippen LogP contribution in [0.25, 0.3) is 0 Å². The quantitative estimate of drug-likeness (QED) is 0.867. The Labute approximate surface area is 113 Å². The third kappa shape index (κ3) is 3.07. The maximum absolute atomic E-state index is 12.4. The van der Waals surface area contributed by atoms with E-state index in [4.69, 9.17) is 10.5 Å². The predicted octanol–water partition coefficient (Wildman–Crippen LogP) is 1.13. The Kier molecular flexibility index (Phi) is 4.42. The van der Waals surface area contributed by atoms with Crippen molar-refractivity contribution in [1.29, 1.82) is 0 Å². The normalized spacial score (nSPS) is 18.7. The van der Waals surface area contributed by atoms with Gasteiger partial charge in [0.15, 0.2) is 5.69 Å². The van der Waals surface area contributed by atoms with Crippen molar-refractivity contribution in [2.24, 2.45) is 0 Å². The highest BCUT2D eigenvalue weighted by Crippen LogP contribution is 2.17. The lowest BCUT2D eigenvalue weighted by Gasteiger charge is -2.23. The summed E-state index contributed by atoms with van der Waals surface area (Å²) in [6, 6.07) is 0. The van der Waals surface area contributed by atoms with E-state index in [9.17, 15) is 4.79 Å². The number of rotatable bonds is 5. The molecule has 0 aromatic carbocycles. The minimum absolute atomic E-state index is 0.109. The number of hydrogen-bond acceptors (Lipinski definition) is 4. The van der Waals surface area contributed by atoms with E-state index in [-0.39, 0.29) is 12.0 Å². The van der Waals surface area contributed by atoms with E-state index in [1.807, 2.05) is 13.8 Å². The average Bonchev–Trinajstić information content (AvgIpc) is 3.04. The number of anilines is 1. The van der Waals surface area contributed by atoms with Gasteiger partial charge in [0.25, 0.3) is 5.91 Å². The van der Waals surface area contributed by atoms with Gasteiger partial charge in [-0.25, -0.2) is 0 Å². The number of amides is 1. The second kappa shape index (κ2) is 6.06. The zero-order chi connectivity index (χ0) is 13.8. The van der Waals surface area contributed by atoms with Gasteiger partial charge in [0.2, 0.25) is 0 Å². The average molecular weight is 266 g/mol. The third-order valence-corrected chi connectivity index (χ3v) is 3.43. The largest absolute Gasteiger partial charge is 0.396 e. The molecule has 0 spiro atoms. The fourth-order valence-electron chi connectivity index (χ4n) is 2.30. The van der Waals surface area contributed by atoms with Gasteiger partial charge in [-0.15, -0.1) is 0 Å². The van der Waals surface area contributed by atoms with Crippen LogP contribution in [0.1, 0.15) is 37.2 Å². The molecule has 0 radical (unpaired) electrons. The van der Waals surface area contributed by atoms with Crippen LogP contribution in [0, 0.1) is 0 Å². The summed E-state index contributed by atoms with van der Waals surface area (Å²) in [7, 11) is 0. The lowest BCUT2D eigenvalue weighted by atomic mass is 10.2. The van der Waals surface area contributed by atoms with Gasteiger partial charge in [-0.3, -0.25) is 9.48 Å². The molecule has 2 N–H and O–H groups in total. The molecule has 2 heterocycles. The molecule has 1 aromatic rings. The van der Waals surface area contributed by atoms with Gasteiger partial charge in [0, 0.05) is 32.4 Å². The van der Waals surface area contributed by atoms with Gasteiger partial charge in [0.1, 0.15) is 0 Å². The second-order valence-corrected chi connectivity index (χ2v) is 4.77. The fraction of sp³-hybridized carbons (Fsp3) is 0.692. The van der Waals surface area contributed by atoms with Crippen LogP contribution in [-0.4, -0.2) is 46.4 Å². The SMILES string of the molecule is CCN(CC1CCCO1)C(=O)c1nn(CC)cc1N. The summed E-state index contributed by atoms with van der Waals surface area (Å²) in [4.78, 5) is 14.2. The molecule has 1 aliphatic heterocycles. The molecule has 2 rings (SSSR count). The number of carbonyl (C=O) groups is 1. The molecule has 0 saturated carbocycles. The number of nitrogens with zero attached hydrogens (tertiary/aromatic N) is 3. The summed E-state index contributed by atoms with van der Waals surface area (Å²) < 4.78 is 7.26. The molecule has 1 unspecified atom stereocenters. The Morgan fingerprint density at radius 1 is 1.63 bits per heavy atom. The summed E-state index contributed by atoms with van der Waals surface area (Å²) in [5.74, 6) is -0.109. The van der Waals surface area contributed by atoms with E-state index in [2.05, 4.69) is 5.10 Å². The minimum atomic E-state index is -0.109. The van der Waals surface area contributed by atoms with Crippen molar-refractivity contribution in [2.75, 3.05) is 25.4 Å². The number of nitrogen functional groups attached to an aromatic ring is 1. The molecule has 1 aromatic heterocycles. The van der Waals surface area contributed by atoms with Gasteiger partial charge in [-0.1, -0.05) is 0 Å². The van der Waals surface area contributed by atoms with Gasteiger partial charge in [-0.2, -0.15) is 5.10 Å². The fourth-order valence-corrected chi connectivity index (χ4v) is 2.30. The van der Waals surface area contributed by atoms with Crippen LogP contribution < -0.4 is 5.73 Å². The van der Waals surface area contributed by atoms with Crippen molar-refractivity contribution in [1.82, 2.24) is 14.7 Å². The molecular formula is C13H22N4O2. The summed E-state index contributed by atoms with van der Waals surface area (Å²) in [5, 5.41) is 4.23. The highest BCUT2D eigenvalue weighted by Gasteiger charge is 2.25. The first-order valence-electron chi connectivity index (χ1n) is 6.89. The molecule has 19 heavy (non-hydrogen) atoms. The molecule has 106 valence electrons. The van der Waals surface area contributed by atoms with E-state index in [1.165, 1.54) is 0 Å². The van der Waals surface area contributed by atoms with E-state index >= 15 is 0 Å². The lowest BCUT2D eigenvalue weighted by molar-refractivity contribution is 0.0535. The highest BCUT2D eigenvalue weighted by molar-refractivity contribution is 5.97. The molecule has 1 fully saturated rings. The zero-order valence-electron chi connectivity index (χ0n) is 11.6. The van der Waals surface area contributed by atoms with Crippen molar-refractivity contribution in [2.45, 2.75) is 39.3 Å². The molecule has 1 atom stereocenters. The number of likely N-dealkylation sites (N-methyl/N-ethyl adjacent to an activating group) is 1. The Balaban J connectivity index is 2.08. The van der Waals surface area contributed by atoms with Crippen molar-refractivity contribution >= 4 is 11.6 Å². The van der Waals surface area contributed by atoms with Crippen LogP contribution in [0.2, 0.25) is 0 Å². The van der Waals surface area contributed by atoms with Crippen molar-refractivity contribution < 1.29 is 9.53 Å². The molecule has 6 nitrogen and oxygen atoms in total. The van der Waals surface area contributed by atoms with Gasteiger partial charge < -0.3 is 15.4 Å². The van der Waals surface area contributed by atoms with Crippen LogP contribution in [-0.2, 0) is 11.3 Å². The number of nitrogens with two attached hydrogens (primary N) is 1. The highest BCUT2D eigenvalue weighted by atomic mass is 16.5. The van der Waals surface area contributed by atoms with Crippen LogP contribution in [0.4, 0.5) is 5.69 Å². The van der Waals surface area contributed by atoms with Gasteiger partial charge in [0.05, 0.1) is 11.8 Å². The van der Waals surface area contributed by atoms with E-state index in [1.54, 1.807) is 15.8 Å². The summed E-state index contributed by atoms with van der Waals surface area (Å²) in [6.45, 7) is 6.67. The Bertz CT molecular complexity index is 438. The molecular weight excluding hydrogens is 244 g/mol. The maximum atomic E-state index is 12.4. The van der Waals surface area contributed by atoms with Crippen molar-refractivity contribution in [3.8, 4) is 0 Å². The maximum Gasteiger partial charge on any atom is 0.276 e. The number of aromatic nitrogens is 2. The lowest BCUT2D eigenvalue weighted by Crippen LogP contribution is -2.37. The Morgan fingerprint density at radius 2 is 2.42 bits per heavy atom. The molecule has 1 saturated heterocycles. The number of aryl methyl sites for hydroxylation is 1. The zero-order valence-corrected chi connectivity index (χ0v) is 11.6. The first-order chi connectivity index (χ1) is 9.15. The molecule has 0 aliphatic carbocycles. The van der Waals surface area contributed by atoms with Crippen LogP contribution in [0.3, 0.4) is 0 Å². The van der Waals surface area contributed by atoms with Gasteiger partial charge >= 0.3 is 0 Å². The number of carbonyl (C=O) groups excluding carboxylic acids is 1. The molecule has 6 heteroatoms. The van der Waals surface area contributed by atoms with E-state index in [0.29, 0.717) is 31.0 Å².